The van der Waals surface area contributed by atoms with Gasteiger partial charge in [0, 0.05) is 31.1 Å². The summed E-state index contributed by atoms with van der Waals surface area (Å²) in [5.74, 6) is 0.929. The molecule has 2 aliphatic rings. The van der Waals surface area contributed by atoms with Gasteiger partial charge in [-0.05, 0) is 56.4 Å². The van der Waals surface area contributed by atoms with Crippen molar-refractivity contribution in [3.8, 4) is 0 Å². The minimum atomic E-state index is 0.330. The van der Waals surface area contributed by atoms with Gasteiger partial charge in [0.15, 0.2) is 5.96 Å². The van der Waals surface area contributed by atoms with Crippen molar-refractivity contribution in [2.45, 2.75) is 69.6 Å². The molecule has 1 saturated heterocycles. The van der Waals surface area contributed by atoms with E-state index in [4.69, 9.17) is 14.5 Å². The van der Waals surface area contributed by atoms with Gasteiger partial charge in [-0.2, -0.15) is 11.8 Å². The molecule has 0 bridgehead atoms. The van der Waals surface area contributed by atoms with Gasteiger partial charge in [0.2, 0.25) is 0 Å². The maximum absolute atomic E-state index is 6.05. The summed E-state index contributed by atoms with van der Waals surface area (Å²) in [6.45, 7) is 5.97. The first kappa shape index (κ1) is 21.5. The van der Waals surface area contributed by atoms with Gasteiger partial charge in [0.1, 0.15) is 0 Å². The second-order valence-corrected chi connectivity index (χ2v) is 8.79. The lowest BCUT2D eigenvalue weighted by molar-refractivity contribution is -0.0390. The van der Waals surface area contributed by atoms with Crippen molar-refractivity contribution in [2.75, 3.05) is 26.0 Å². The third-order valence-electron chi connectivity index (χ3n) is 5.47. The van der Waals surface area contributed by atoms with Crippen molar-refractivity contribution >= 4 is 17.7 Å². The summed E-state index contributed by atoms with van der Waals surface area (Å²) in [5.41, 5.74) is 2.44. The highest BCUT2D eigenvalue weighted by molar-refractivity contribution is 7.99. The number of hydrogen-bond donors (Lipinski definition) is 2. The Hall–Kier alpha value is -1.24. The largest absolute Gasteiger partial charge is 0.381 e. The zero-order valence-electron chi connectivity index (χ0n) is 17.3. The van der Waals surface area contributed by atoms with Gasteiger partial charge in [-0.15, -0.1) is 0 Å². The van der Waals surface area contributed by atoms with Crippen molar-refractivity contribution in [2.24, 2.45) is 4.99 Å². The molecule has 5 nitrogen and oxygen atoms in total. The molecule has 1 heterocycles. The van der Waals surface area contributed by atoms with Crippen LogP contribution in [-0.4, -0.2) is 49.4 Å². The van der Waals surface area contributed by atoms with Crippen molar-refractivity contribution in [1.82, 2.24) is 10.6 Å². The van der Waals surface area contributed by atoms with Crippen LogP contribution < -0.4 is 10.6 Å². The van der Waals surface area contributed by atoms with E-state index in [1.165, 1.54) is 30.4 Å². The van der Waals surface area contributed by atoms with E-state index in [1.54, 1.807) is 0 Å². The fourth-order valence-electron chi connectivity index (χ4n) is 3.84. The number of benzene rings is 1. The molecule has 1 aromatic rings. The average Bonchev–Trinajstić information content (AvgIpc) is 3.19. The predicted octanol–water partition coefficient (Wildman–Crippen LogP) is 3.72. The molecule has 0 radical (unpaired) electrons. The highest BCUT2D eigenvalue weighted by Gasteiger charge is 2.24. The van der Waals surface area contributed by atoms with E-state index >= 15 is 0 Å². The topological polar surface area (TPSA) is 54.9 Å². The first-order valence-corrected chi connectivity index (χ1v) is 11.9. The fourth-order valence-corrected chi connectivity index (χ4v) is 4.64. The van der Waals surface area contributed by atoms with Crippen LogP contribution in [0.3, 0.4) is 0 Å². The van der Waals surface area contributed by atoms with Crippen LogP contribution in [0.1, 0.15) is 50.2 Å². The van der Waals surface area contributed by atoms with E-state index in [0.29, 0.717) is 25.3 Å². The molecule has 1 aliphatic carbocycles. The van der Waals surface area contributed by atoms with Crippen molar-refractivity contribution in [1.29, 1.82) is 0 Å². The molecule has 0 spiro atoms. The lowest BCUT2D eigenvalue weighted by atomic mass is 10.1. The molecule has 2 N–H and O–H groups in total. The molecule has 1 aromatic carbocycles. The van der Waals surface area contributed by atoms with Crippen LogP contribution >= 0.6 is 11.8 Å². The van der Waals surface area contributed by atoms with Gasteiger partial charge in [-0.3, -0.25) is 0 Å². The van der Waals surface area contributed by atoms with E-state index in [2.05, 4.69) is 48.1 Å². The second kappa shape index (κ2) is 11.7. The molecule has 1 aliphatic heterocycles. The number of nitrogens with one attached hydrogen (secondary N) is 2. The standard InChI is InChI=1S/C22H35N3O2S/c1-3-23-22(25-19-7-8-21(14-19)28-2)24-15-17-5-4-6-18(13-17)16-27-20-9-11-26-12-10-20/h4-6,13,19-21H,3,7-12,14-16H2,1-2H3,(H2,23,24,25). The van der Waals surface area contributed by atoms with Crippen molar-refractivity contribution in [3.05, 3.63) is 35.4 Å². The van der Waals surface area contributed by atoms with Crippen LogP contribution in [0.4, 0.5) is 0 Å². The molecule has 2 atom stereocenters. The van der Waals surface area contributed by atoms with Gasteiger partial charge >= 0.3 is 0 Å². The van der Waals surface area contributed by atoms with Crippen LogP contribution in [0.2, 0.25) is 0 Å². The molecule has 0 amide bonds. The van der Waals surface area contributed by atoms with Crippen LogP contribution in [0.5, 0.6) is 0 Å². The maximum Gasteiger partial charge on any atom is 0.191 e. The minimum absolute atomic E-state index is 0.330. The summed E-state index contributed by atoms with van der Waals surface area (Å²) in [6.07, 6.45) is 8.30. The van der Waals surface area contributed by atoms with Gasteiger partial charge in [0.05, 0.1) is 19.3 Å². The third-order valence-corrected chi connectivity index (χ3v) is 6.56. The molecular weight excluding hydrogens is 370 g/mol. The van der Waals surface area contributed by atoms with E-state index in [9.17, 15) is 0 Å². The Morgan fingerprint density at radius 1 is 1.21 bits per heavy atom. The zero-order valence-corrected chi connectivity index (χ0v) is 18.1. The third kappa shape index (κ3) is 6.98. The van der Waals surface area contributed by atoms with E-state index in [-0.39, 0.29) is 0 Å². The Kier molecular flexibility index (Phi) is 8.96. The smallest absolute Gasteiger partial charge is 0.191 e. The van der Waals surface area contributed by atoms with Gasteiger partial charge in [-0.25, -0.2) is 4.99 Å². The molecule has 28 heavy (non-hydrogen) atoms. The first-order valence-electron chi connectivity index (χ1n) is 10.6. The van der Waals surface area contributed by atoms with Gasteiger partial charge < -0.3 is 20.1 Å². The quantitative estimate of drug-likeness (QED) is 0.510. The summed E-state index contributed by atoms with van der Waals surface area (Å²) in [7, 11) is 0. The molecule has 0 aromatic heterocycles. The summed E-state index contributed by atoms with van der Waals surface area (Å²) >= 11 is 1.98. The predicted molar refractivity (Wildman–Crippen MR) is 118 cm³/mol. The van der Waals surface area contributed by atoms with E-state index < -0.39 is 0 Å². The number of hydrogen-bond acceptors (Lipinski definition) is 4. The number of guanidine groups is 1. The second-order valence-electron chi connectivity index (χ2n) is 7.65. The summed E-state index contributed by atoms with van der Waals surface area (Å²) in [5, 5.41) is 7.80. The lowest BCUT2D eigenvalue weighted by Gasteiger charge is -2.22. The van der Waals surface area contributed by atoms with Crippen LogP contribution in [-0.2, 0) is 22.6 Å². The zero-order chi connectivity index (χ0) is 19.6. The SMILES string of the molecule is CCNC(=NCc1cccc(COC2CCOCC2)c1)NC1CCC(SC)C1. The maximum atomic E-state index is 6.05. The Balaban J connectivity index is 1.51. The Morgan fingerprint density at radius 3 is 2.79 bits per heavy atom. The number of aliphatic imine (C=N–C) groups is 1. The summed E-state index contributed by atoms with van der Waals surface area (Å²) in [4.78, 5) is 4.82. The fraction of sp³-hybridized carbons (Fsp3) is 0.682. The number of ether oxygens (including phenoxy) is 2. The molecule has 3 rings (SSSR count). The first-order chi connectivity index (χ1) is 13.8. The van der Waals surface area contributed by atoms with Crippen molar-refractivity contribution in [3.63, 3.8) is 0 Å². The molecule has 2 fully saturated rings. The van der Waals surface area contributed by atoms with Gasteiger partial charge in [0.25, 0.3) is 0 Å². The lowest BCUT2D eigenvalue weighted by Crippen LogP contribution is -2.42. The molecule has 2 unspecified atom stereocenters. The van der Waals surface area contributed by atoms with Crippen LogP contribution in [0.25, 0.3) is 0 Å². The Bertz CT molecular complexity index is 620. The van der Waals surface area contributed by atoms with Crippen LogP contribution in [0, 0.1) is 0 Å². The minimum Gasteiger partial charge on any atom is -0.381 e. The highest BCUT2D eigenvalue weighted by atomic mass is 32.2. The molecule has 1 saturated carbocycles. The molecule has 156 valence electrons. The van der Waals surface area contributed by atoms with E-state index in [0.717, 1.165) is 43.8 Å². The highest BCUT2D eigenvalue weighted by Crippen LogP contribution is 2.28. The number of rotatable bonds is 8. The monoisotopic (exact) mass is 405 g/mol. The summed E-state index contributed by atoms with van der Waals surface area (Å²) < 4.78 is 11.5. The van der Waals surface area contributed by atoms with Crippen molar-refractivity contribution < 1.29 is 9.47 Å². The molecular formula is C22H35N3O2S. The Labute approximate surface area is 174 Å². The number of nitrogens with zero attached hydrogens (tertiary/aromatic N) is 1. The number of thioether (sulfide) groups is 1. The van der Waals surface area contributed by atoms with Crippen LogP contribution in [0.15, 0.2) is 29.3 Å². The average molecular weight is 406 g/mol. The van der Waals surface area contributed by atoms with Gasteiger partial charge in [-0.1, -0.05) is 24.3 Å². The molecule has 6 heteroatoms. The van der Waals surface area contributed by atoms with E-state index in [1.807, 2.05) is 11.8 Å². The Morgan fingerprint density at radius 2 is 2.04 bits per heavy atom. The normalized spacial score (nSPS) is 23.7. The summed E-state index contributed by atoms with van der Waals surface area (Å²) in [6, 6.07) is 9.13.